The van der Waals surface area contributed by atoms with Crippen LogP contribution in [0.5, 0.6) is 0 Å². The zero-order valence-electron chi connectivity index (χ0n) is 21.9. The lowest BCUT2D eigenvalue weighted by Crippen LogP contribution is -1.97. The molecule has 0 fully saturated rings. The van der Waals surface area contributed by atoms with Crippen molar-refractivity contribution in [2.75, 3.05) is 0 Å². The molecule has 9 aromatic rings. The van der Waals surface area contributed by atoms with Gasteiger partial charge in [0.05, 0.1) is 16.6 Å². The second kappa shape index (κ2) is 8.44. The summed E-state index contributed by atoms with van der Waals surface area (Å²) >= 11 is 0. The maximum absolute atomic E-state index is 6.42. The Balaban J connectivity index is 1.28. The average Bonchev–Trinajstić information content (AvgIpc) is 3.72. The van der Waals surface area contributed by atoms with E-state index in [4.69, 9.17) is 13.8 Å². The van der Waals surface area contributed by atoms with Crippen LogP contribution in [0.4, 0.5) is 0 Å². The highest BCUT2D eigenvalue weighted by Gasteiger charge is 2.20. The zero-order valence-corrected chi connectivity index (χ0v) is 21.9. The smallest absolute Gasteiger partial charge is 0.149 e. The Bertz CT molecular complexity index is 2430. The fourth-order valence-corrected chi connectivity index (χ4v) is 6.11. The molecule has 3 heterocycles. The van der Waals surface area contributed by atoms with E-state index in [0.717, 1.165) is 77.5 Å². The minimum Gasteiger partial charge on any atom is -0.456 e. The molecule has 0 saturated carbocycles. The number of nitrogens with zero attached hydrogens (tertiary/aromatic N) is 2. The molecule has 9 rings (SSSR count). The van der Waals surface area contributed by atoms with Crippen LogP contribution in [0.3, 0.4) is 0 Å². The second-order valence-corrected chi connectivity index (χ2v) is 10.4. The van der Waals surface area contributed by atoms with Crippen molar-refractivity contribution in [2.45, 2.75) is 0 Å². The lowest BCUT2D eigenvalue weighted by Gasteiger charge is -2.10. The van der Waals surface area contributed by atoms with Crippen LogP contribution in [0.1, 0.15) is 0 Å². The van der Waals surface area contributed by atoms with Crippen molar-refractivity contribution in [1.29, 1.82) is 0 Å². The van der Waals surface area contributed by atoms with Gasteiger partial charge in [0, 0.05) is 27.2 Å². The Morgan fingerprint density at radius 1 is 0.488 bits per heavy atom. The predicted octanol–water partition coefficient (Wildman–Crippen LogP) is 10.2. The highest BCUT2D eigenvalue weighted by atomic mass is 16.3. The summed E-state index contributed by atoms with van der Waals surface area (Å²) < 4.78 is 15.0. The first-order chi connectivity index (χ1) is 20.3. The molecule has 41 heavy (non-hydrogen) atoms. The Morgan fingerprint density at radius 3 is 2.22 bits per heavy atom. The Kier molecular flexibility index (Phi) is 4.58. The molecule has 0 amide bonds. The van der Waals surface area contributed by atoms with Crippen LogP contribution >= 0.6 is 0 Å². The molecular weight excluding hydrogens is 504 g/mol. The number of imidazole rings is 1. The minimum atomic E-state index is 0.841. The highest BCUT2D eigenvalue weighted by molar-refractivity contribution is 6.10. The number of furan rings is 2. The molecule has 4 heteroatoms. The monoisotopic (exact) mass is 526 g/mol. The van der Waals surface area contributed by atoms with Crippen molar-refractivity contribution < 1.29 is 8.83 Å². The van der Waals surface area contributed by atoms with Gasteiger partial charge < -0.3 is 8.83 Å². The first kappa shape index (κ1) is 22.2. The van der Waals surface area contributed by atoms with Gasteiger partial charge in [0.25, 0.3) is 0 Å². The lowest BCUT2D eigenvalue weighted by molar-refractivity contribution is 0.668. The molecule has 0 bridgehead atoms. The van der Waals surface area contributed by atoms with Crippen LogP contribution in [0.25, 0.3) is 83.1 Å². The second-order valence-electron chi connectivity index (χ2n) is 10.4. The van der Waals surface area contributed by atoms with Crippen LogP contribution < -0.4 is 0 Å². The first-order valence-electron chi connectivity index (χ1n) is 13.7. The quantitative estimate of drug-likeness (QED) is 0.230. The number of fused-ring (bicyclic) bond motifs is 7. The van der Waals surface area contributed by atoms with E-state index in [0.29, 0.717) is 0 Å². The number of aromatic nitrogens is 2. The van der Waals surface area contributed by atoms with Gasteiger partial charge >= 0.3 is 0 Å². The standard InChI is InChI=1S/C37H22N2O2/c1-2-9-23(10-3-1)24-17-19-27-30-22-25(18-20-34(30)40-35(27)21-24)39-32-15-6-5-14-31(32)38-37(39)29-13-8-12-28-26-11-4-7-16-33(26)41-36(28)29/h1-22H. The van der Waals surface area contributed by atoms with Gasteiger partial charge in [-0.1, -0.05) is 78.9 Å². The van der Waals surface area contributed by atoms with Gasteiger partial charge in [-0.15, -0.1) is 0 Å². The van der Waals surface area contributed by atoms with Crippen LogP contribution in [-0.2, 0) is 0 Å². The van der Waals surface area contributed by atoms with E-state index >= 15 is 0 Å². The van der Waals surface area contributed by atoms with Crippen molar-refractivity contribution in [3.05, 3.63) is 133 Å². The van der Waals surface area contributed by atoms with Crippen molar-refractivity contribution in [3.63, 3.8) is 0 Å². The van der Waals surface area contributed by atoms with Crippen molar-refractivity contribution >= 4 is 54.9 Å². The van der Waals surface area contributed by atoms with Gasteiger partial charge in [0.1, 0.15) is 28.2 Å². The average molecular weight is 527 g/mol. The van der Waals surface area contributed by atoms with Gasteiger partial charge in [-0.05, 0) is 65.7 Å². The molecule has 0 radical (unpaired) electrons. The number of hydrogen-bond donors (Lipinski definition) is 0. The summed E-state index contributed by atoms with van der Waals surface area (Å²) in [6, 6.07) is 46.0. The molecule has 0 spiro atoms. The number of benzene rings is 6. The maximum Gasteiger partial charge on any atom is 0.149 e. The number of para-hydroxylation sites is 4. The van der Waals surface area contributed by atoms with Crippen molar-refractivity contribution in [3.8, 4) is 28.2 Å². The minimum absolute atomic E-state index is 0.841. The van der Waals surface area contributed by atoms with Crippen LogP contribution in [0.2, 0.25) is 0 Å². The SMILES string of the molecule is c1ccc(-c2ccc3c(c2)oc2ccc(-n4c(-c5cccc6c5oc5ccccc56)nc5ccccc54)cc23)cc1. The molecule has 3 aromatic heterocycles. The van der Waals surface area contributed by atoms with E-state index in [-0.39, 0.29) is 0 Å². The van der Waals surface area contributed by atoms with Crippen LogP contribution in [0, 0.1) is 0 Å². The molecular formula is C37H22N2O2. The lowest BCUT2D eigenvalue weighted by atomic mass is 10.0. The van der Waals surface area contributed by atoms with Crippen molar-refractivity contribution in [2.24, 2.45) is 0 Å². The summed E-state index contributed by atoms with van der Waals surface area (Å²) in [7, 11) is 0. The fourth-order valence-electron chi connectivity index (χ4n) is 6.11. The molecule has 192 valence electrons. The summed E-state index contributed by atoms with van der Waals surface area (Å²) in [4.78, 5) is 5.13. The van der Waals surface area contributed by atoms with Crippen LogP contribution in [0.15, 0.2) is 142 Å². The molecule has 0 aliphatic heterocycles. The summed E-state index contributed by atoms with van der Waals surface area (Å²) in [5.74, 6) is 0.842. The van der Waals surface area contributed by atoms with E-state index in [9.17, 15) is 0 Å². The fraction of sp³-hybridized carbons (Fsp3) is 0. The molecule has 0 atom stereocenters. The number of rotatable bonds is 3. The molecule has 0 N–H and O–H groups in total. The molecule has 0 aliphatic carbocycles. The van der Waals surface area contributed by atoms with Crippen molar-refractivity contribution in [1.82, 2.24) is 9.55 Å². The molecule has 6 aromatic carbocycles. The van der Waals surface area contributed by atoms with E-state index in [1.54, 1.807) is 0 Å². The third-order valence-electron chi connectivity index (χ3n) is 8.03. The molecule has 0 aliphatic rings. The summed E-state index contributed by atoms with van der Waals surface area (Å²) in [5, 5.41) is 4.35. The Labute approximate surface area is 234 Å². The summed E-state index contributed by atoms with van der Waals surface area (Å²) in [6.07, 6.45) is 0. The Morgan fingerprint density at radius 2 is 1.27 bits per heavy atom. The zero-order chi connectivity index (χ0) is 26.9. The number of hydrogen-bond acceptors (Lipinski definition) is 3. The van der Waals surface area contributed by atoms with Gasteiger partial charge in [-0.3, -0.25) is 4.57 Å². The molecule has 4 nitrogen and oxygen atoms in total. The van der Waals surface area contributed by atoms with Crippen LogP contribution in [-0.4, -0.2) is 9.55 Å². The third-order valence-corrected chi connectivity index (χ3v) is 8.03. The molecule has 0 saturated heterocycles. The van der Waals surface area contributed by atoms with E-state index in [1.165, 1.54) is 5.56 Å². The van der Waals surface area contributed by atoms with Gasteiger partial charge in [0.15, 0.2) is 0 Å². The van der Waals surface area contributed by atoms with Gasteiger partial charge in [-0.2, -0.15) is 0 Å². The third kappa shape index (κ3) is 3.31. The largest absolute Gasteiger partial charge is 0.456 e. The van der Waals surface area contributed by atoms with E-state index in [1.807, 2.05) is 30.3 Å². The summed E-state index contributed by atoms with van der Waals surface area (Å²) in [5.41, 5.74) is 9.70. The topological polar surface area (TPSA) is 44.1 Å². The van der Waals surface area contributed by atoms with E-state index in [2.05, 4.69) is 108 Å². The summed E-state index contributed by atoms with van der Waals surface area (Å²) in [6.45, 7) is 0. The molecule has 0 unspecified atom stereocenters. The normalized spacial score (nSPS) is 11.9. The van der Waals surface area contributed by atoms with Gasteiger partial charge in [-0.25, -0.2) is 4.98 Å². The maximum atomic E-state index is 6.42. The Hall–Kier alpha value is -5.61. The predicted molar refractivity (Wildman–Crippen MR) is 166 cm³/mol. The first-order valence-corrected chi connectivity index (χ1v) is 13.7. The van der Waals surface area contributed by atoms with Gasteiger partial charge in [0.2, 0.25) is 0 Å². The highest BCUT2D eigenvalue weighted by Crippen LogP contribution is 2.39. The van der Waals surface area contributed by atoms with E-state index < -0.39 is 0 Å².